The normalized spacial score (nSPS) is 12.2. The van der Waals surface area contributed by atoms with Gasteiger partial charge in [0.05, 0.1) is 6.61 Å². The largest absolute Gasteiger partial charge is 0.490 e. The Morgan fingerprint density at radius 2 is 2.38 bits per heavy atom. The maximum absolute atomic E-state index is 5.87. The second kappa shape index (κ2) is 7.34. The number of hydrogen-bond donors (Lipinski definition) is 1. The number of anilines is 1. The summed E-state index contributed by atoms with van der Waals surface area (Å²) in [5, 5.41) is 3.49. The molecule has 0 saturated carbocycles. The van der Waals surface area contributed by atoms with Gasteiger partial charge in [0.15, 0.2) is 11.6 Å². The van der Waals surface area contributed by atoms with Crippen LogP contribution in [0.3, 0.4) is 0 Å². The molecule has 0 aliphatic heterocycles. The number of pyridine rings is 1. The number of halogens is 1. The van der Waals surface area contributed by atoms with Crippen molar-refractivity contribution in [3.05, 3.63) is 18.3 Å². The van der Waals surface area contributed by atoms with Crippen molar-refractivity contribution in [3.63, 3.8) is 0 Å². The SMILES string of the molecule is CCOc1cccnc1NCCCC(C)Cl. The van der Waals surface area contributed by atoms with Gasteiger partial charge in [-0.2, -0.15) is 0 Å². The number of aromatic nitrogens is 1. The molecule has 4 heteroatoms. The molecule has 16 heavy (non-hydrogen) atoms. The van der Waals surface area contributed by atoms with Crippen LogP contribution in [0.15, 0.2) is 18.3 Å². The third kappa shape index (κ3) is 4.71. The maximum atomic E-state index is 5.87. The van der Waals surface area contributed by atoms with Crippen molar-refractivity contribution in [1.82, 2.24) is 4.98 Å². The highest BCUT2D eigenvalue weighted by Gasteiger charge is 2.03. The molecule has 0 amide bonds. The minimum atomic E-state index is 0.233. The lowest BCUT2D eigenvalue weighted by Gasteiger charge is -2.11. The van der Waals surface area contributed by atoms with E-state index in [9.17, 15) is 0 Å². The van der Waals surface area contributed by atoms with E-state index < -0.39 is 0 Å². The highest BCUT2D eigenvalue weighted by atomic mass is 35.5. The molecule has 0 saturated heterocycles. The Labute approximate surface area is 102 Å². The fourth-order valence-electron chi connectivity index (χ4n) is 1.39. The molecule has 1 rings (SSSR count). The van der Waals surface area contributed by atoms with Crippen molar-refractivity contribution in [2.24, 2.45) is 0 Å². The summed E-state index contributed by atoms with van der Waals surface area (Å²) >= 11 is 5.87. The van der Waals surface area contributed by atoms with Crippen molar-refractivity contribution in [3.8, 4) is 5.75 Å². The number of rotatable bonds is 7. The van der Waals surface area contributed by atoms with Gasteiger partial charge in [-0.15, -0.1) is 11.6 Å². The third-order valence-electron chi connectivity index (χ3n) is 2.14. The van der Waals surface area contributed by atoms with Gasteiger partial charge < -0.3 is 10.1 Å². The van der Waals surface area contributed by atoms with E-state index in [0.717, 1.165) is 31.0 Å². The molecule has 90 valence electrons. The van der Waals surface area contributed by atoms with Crippen LogP contribution in [0.4, 0.5) is 5.82 Å². The highest BCUT2D eigenvalue weighted by Crippen LogP contribution is 2.20. The lowest BCUT2D eigenvalue weighted by molar-refractivity contribution is 0.340. The number of alkyl halides is 1. The van der Waals surface area contributed by atoms with Gasteiger partial charge in [-0.05, 0) is 38.8 Å². The summed E-state index contributed by atoms with van der Waals surface area (Å²) in [5.74, 6) is 1.62. The van der Waals surface area contributed by atoms with Crippen molar-refractivity contribution in [2.75, 3.05) is 18.5 Å². The van der Waals surface area contributed by atoms with Crippen LogP contribution >= 0.6 is 11.6 Å². The van der Waals surface area contributed by atoms with Gasteiger partial charge in [-0.1, -0.05) is 0 Å². The molecular formula is C12H19ClN2O. The molecule has 0 bridgehead atoms. The van der Waals surface area contributed by atoms with Gasteiger partial charge >= 0.3 is 0 Å². The summed E-state index contributed by atoms with van der Waals surface area (Å²) in [6, 6.07) is 3.79. The lowest BCUT2D eigenvalue weighted by atomic mass is 10.2. The van der Waals surface area contributed by atoms with Crippen LogP contribution in [-0.2, 0) is 0 Å². The van der Waals surface area contributed by atoms with E-state index in [1.807, 2.05) is 26.0 Å². The Morgan fingerprint density at radius 3 is 3.06 bits per heavy atom. The van der Waals surface area contributed by atoms with Crippen LogP contribution < -0.4 is 10.1 Å². The van der Waals surface area contributed by atoms with E-state index in [2.05, 4.69) is 10.3 Å². The summed E-state index contributed by atoms with van der Waals surface area (Å²) in [6.07, 6.45) is 3.80. The molecule has 0 aliphatic carbocycles. The first-order valence-electron chi connectivity index (χ1n) is 5.69. The average Bonchev–Trinajstić information content (AvgIpc) is 2.26. The van der Waals surface area contributed by atoms with Crippen LogP contribution in [0.2, 0.25) is 0 Å². The number of nitrogens with zero attached hydrogens (tertiary/aromatic N) is 1. The van der Waals surface area contributed by atoms with Gasteiger partial charge in [-0.3, -0.25) is 0 Å². The van der Waals surface area contributed by atoms with E-state index >= 15 is 0 Å². The Bertz CT molecular complexity index is 305. The topological polar surface area (TPSA) is 34.1 Å². The van der Waals surface area contributed by atoms with Crippen molar-refractivity contribution >= 4 is 17.4 Å². The van der Waals surface area contributed by atoms with Crippen LogP contribution in [0.1, 0.15) is 26.7 Å². The predicted molar refractivity (Wildman–Crippen MR) is 68.4 cm³/mol. The second-order valence-electron chi connectivity index (χ2n) is 3.63. The van der Waals surface area contributed by atoms with Gasteiger partial charge in [0.25, 0.3) is 0 Å². The smallest absolute Gasteiger partial charge is 0.168 e. The molecule has 0 radical (unpaired) electrons. The van der Waals surface area contributed by atoms with E-state index in [-0.39, 0.29) is 5.38 Å². The Kier molecular flexibility index (Phi) is 6.01. The standard InChI is InChI=1S/C12H19ClN2O/c1-3-16-11-7-5-9-15-12(11)14-8-4-6-10(2)13/h5,7,9-10H,3-4,6,8H2,1-2H3,(H,14,15). The number of ether oxygens (including phenoxy) is 1. The summed E-state index contributed by atoms with van der Waals surface area (Å²) in [4.78, 5) is 4.24. The summed E-state index contributed by atoms with van der Waals surface area (Å²) in [7, 11) is 0. The van der Waals surface area contributed by atoms with Gasteiger partial charge in [0.2, 0.25) is 0 Å². The quantitative estimate of drug-likeness (QED) is 0.589. The first-order chi connectivity index (χ1) is 7.74. The lowest BCUT2D eigenvalue weighted by Crippen LogP contribution is -2.07. The highest BCUT2D eigenvalue weighted by molar-refractivity contribution is 6.20. The molecule has 0 aromatic carbocycles. The average molecular weight is 243 g/mol. The van der Waals surface area contributed by atoms with Gasteiger partial charge in [0.1, 0.15) is 0 Å². The predicted octanol–water partition coefficient (Wildman–Crippen LogP) is 3.30. The van der Waals surface area contributed by atoms with E-state index in [0.29, 0.717) is 6.61 Å². The Hall–Kier alpha value is -0.960. The zero-order valence-electron chi connectivity index (χ0n) is 9.87. The van der Waals surface area contributed by atoms with Crippen LogP contribution in [-0.4, -0.2) is 23.5 Å². The van der Waals surface area contributed by atoms with Crippen LogP contribution in [0.25, 0.3) is 0 Å². The molecule has 1 heterocycles. The fourth-order valence-corrected chi connectivity index (χ4v) is 1.54. The minimum absolute atomic E-state index is 0.233. The van der Waals surface area contributed by atoms with Crippen LogP contribution in [0.5, 0.6) is 5.75 Å². The van der Waals surface area contributed by atoms with E-state index in [1.165, 1.54) is 0 Å². The van der Waals surface area contributed by atoms with Crippen LogP contribution in [0, 0.1) is 0 Å². The summed E-state index contributed by atoms with van der Waals surface area (Å²) in [6.45, 7) is 5.49. The number of nitrogens with one attached hydrogen (secondary N) is 1. The van der Waals surface area contributed by atoms with E-state index in [4.69, 9.17) is 16.3 Å². The van der Waals surface area contributed by atoms with Crippen molar-refractivity contribution in [1.29, 1.82) is 0 Å². The Morgan fingerprint density at radius 1 is 1.56 bits per heavy atom. The van der Waals surface area contributed by atoms with Crippen molar-refractivity contribution in [2.45, 2.75) is 32.1 Å². The first-order valence-corrected chi connectivity index (χ1v) is 6.13. The molecule has 0 aliphatic rings. The summed E-state index contributed by atoms with van der Waals surface area (Å²) in [5.41, 5.74) is 0. The minimum Gasteiger partial charge on any atom is -0.490 e. The fraction of sp³-hybridized carbons (Fsp3) is 0.583. The first kappa shape index (κ1) is 13.1. The molecule has 1 atom stereocenters. The number of hydrogen-bond acceptors (Lipinski definition) is 3. The molecule has 3 nitrogen and oxygen atoms in total. The van der Waals surface area contributed by atoms with Gasteiger partial charge in [-0.25, -0.2) is 4.98 Å². The third-order valence-corrected chi connectivity index (χ3v) is 2.36. The van der Waals surface area contributed by atoms with E-state index in [1.54, 1.807) is 6.20 Å². The zero-order valence-corrected chi connectivity index (χ0v) is 10.6. The maximum Gasteiger partial charge on any atom is 0.168 e. The second-order valence-corrected chi connectivity index (χ2v) is 4.38. The monoisotopic (exact) mass is 242 g/mol. The Balaban J connectivity index is 2.40. The molecule has 1 unspecified atom stereocenters. The van der Waals surface area contributed by atoms with Gasteiger partial charge in [0, 0.05) is 18.1 Å². The molecule has 1 aromatic heterocycles. The van der Waals surface area contributed by atoms with Crippen molar-refractivity contribution < 1.29 is 4.74 Å². The molecule has 0 fully saturated rings. The molecular weight excluding hydrogens is 224 g/mol. The molecule has 1 N–H and O–H groups in total. The zero-order chi connectivity index (χ0) is 11.8. The molecule has 0 spiro atoms. The summed E-state index contributed by atoms with van der Waals surface area (Å²) < 4.78 is 5.46. The molecule has 1 aromatic rings.